The van der Waals surface area contributed by atoms with Crippen LogP contribution in [-0.4, -0.2) is 39.7 Å². The van der Waals surface area contributed by atoms with Gasteiger partial charge in [-0.15, -0.1) is 12.4 Å². The molecule has 1 aliphatic rings. The van der Waals surface area contributed by atoms with Crippen LogP contribution in [-0.2, 0) is 0 Å². The molecule has 1 amide bonds. The maximum Gasteiger partial charge on any atom is 0.257 e. The van der Waals surface area contributed by atoms with Gasteiger partial charge in [-0.25, -0.2) is 4.68 Å². The first-order chi connectivity index (χ1) is 9.74. The van der Waals surface area contributed by atoms with Crippen molar-refractivity contribution in [3.63, 3.8) is 0 Å². The predicted molar refractivity (Wildman–Crippen MR) is 83.9 cm³/mol. The van der Waals surface area contributed by atoms with Gasteiger partial charge in [0, 0.05) is 25.3 Å². The molecule has 2 heterocycles. The summed E-state index contributed by atoms with van der Waals surface area (Å²) in [4.78, 5) is 14.2. The summed E-state index contributed by atoms with van der Waals surface area (Å²) in [5, 5.41) is 4.26. The first-order valence-corrected chi connectivity index (χ1v) is 6.89. The molecule has 6 heteroatoms. The van der Waals surface area contributed by atoms with E-state index in [0.717, 1.165) is 25.1 Å². The van der Waals surface area contributed by atoms with Gasteiger partial charge in [0.25, 0.3) is 5.91 Å². The molecule has 1 aromatic carbocycles. The van der Waals surface area contributed by atoms with Crippen molar-refractivity contribution in [1.82, 2.24) is 14.7 Å². The third-order valence-electron chi connectivity index (χ3n) is 3.60. The van der Waals surface area contributed by atoms with Crippen LogP contribution in [0, 0.1) is 0 Å². The Morgan fingerprint density at radius 1 is 1.29 bits per heavy atom. The average Bonchev–Trinajstić information content (AvgIpc) is 2.97. The molecule has 0 bridgehead atoms. The molecule has 1 saturated heterocycles. The van der Waals surface area contributed by atoms with Crippen molar-refractivity contribution in [1.29, 1.82) is 0 Å². The Labute approximate surface area is 130 Å². The van der Waals surface area contributed by atoms with Crippen LogP contribution in [0.2, 0.25) is 0 Å². The summed E-state index contributed by atoms with van der Waals surface area (Å²) >= 11 is 0. The highest BCUT2D eigenvalue weighted by Gasteiger charge is 2.23. The zero-order valence-corrected chi connectivity index (χ0v) is 12.5. The summed E-state index contributed by atoms with van der Waals surface area (Å²) in [6.07, 6.45) is 5.36. The lowest BCUT2D eigenvalue weighted by molar-refractivity contribution is 0.0709. The minimum Gasteiger partial charge on any atom is -0.337 e. The topological polar surface area (TPSA) is 64.2 Å². The zero-order valence-electron chi connectivity index (χ0n) is 11.7. The van der Waals surface area contributed by atoms with E-state index in [1.54, 1.807) is 17.1 Å². The lowest BCUT2D eigenvalue weighted by atomic mass is 10.1. The van der Waals surface area contributed by atoms with Crippen molar-refractivity contribution < 1.29 is 4.79 Å². The summed E-state index contributed by atoms with van der Waals surface area (Å²) in [7, 11) is 0. The van der Waals surface area contributed by atoms with E-state index in [2.05, 4.69) is 5.10 Å². The Kier molecular flexibility index (Phi) is 4.98. The quantitative estimate of drug-likeness (QED) is 0.921. The molecule has 0 spiro atoms. The molecule has 0 saturated carbocycles. The average molecular weight is 307 g/mol. The summed E-state index contributed by atoms with van der Waals surface area (Å²) in [6.45, 7) is 1.42. The third kappa shape index (κ3) is 3.43. The van der Waals surface area contributed by atoms with E-state index in [1.165, 1.54) is 0 Å². The highest BCUT2D eigenvalue weighted by atomic mass is 35.5. The van der Waals surface area contributed by atoms with Crippen molar-refractivity contribution in [3.05, 3.63) is 48.3 Å². The largest absolute Gasteiger partial charge is 0.337 e. The van der Waals surface area contributed by atoms with Crippen molar-refractivity contribution >= 4 is 18.3 Å². The number of para-hydroxylation sites is 1. The van der Waals surface area contributed by atoms with Crippen LogP contribution in [0.5, 0.6) is 0 Å². The lowest BCUT2D eigenvalue weighted by Gasteiger charge is -2.30. The number of hydrogen-bond donors (Lipinski definition) is 1. The van der Waals surface area contributed by atoms with Gasteiger partial charge >= 0.3 is 0 Å². The van der Waals surface area contributed by atoms with E-state index in [9.17, 15) is 4.79 Å². The van der Waals surface area contributed by atoms with Crippen LogP contribution in [0.1, 0.15) is 23.2 Å². The molecular formula is C15H19ClN4O. The van der Waals surface area contributed by atoms with E-state index in [4.69, 9.17) is 5.73 Å². The Morgan fingerprint density at radius 3 is 2.76 bits per heavy atom. The lowest BCUT2D eigenvalue weighted by Crippen LogP contribution is -2.45. The molecule has 2 aromatic rings. The molecular weight excluding hydrogens is 288 g/mol. The van der Waals surface area contributed by atoms with Gasteiger partial charge in [0.05, 0.1) is 17.4 Å². The SMILES string of the molecule is Cl.N[C@@H]1CCCN(C(=O)c2cnn(-c3ccccc3)c2)C1. The summed E-state index contributed by atoms with van der Waals surface area (Å²) in [5.74, 6) is 0.0160. The maximum atomic E-state index is 12.4. The number of carbonyl (C=O) groups excluding carboxylic acids is 1. The fourth-order valence-corrected chi connectivity index (χ4v) is 2.53. The molecule has 21 heavy (non-hydrogen) atoms. The second-order valence-corrected chi connectivity index (χ2v) is 5.16. The summed E-state index contributed by atoms with van der Waals surface area (Å²) < 4.78 is 1.72. The van der Waals surface area contributed by atoms with E-state index in [1.807, 2.05) is 35.2 Å². The van der Waals surface area contributed by atoms with Gasteiger partial charge in [-0.3, -0.25) is 4.79 Å². The van der Waals surface area contributed by atoms with Crippen LogP contribution in [0.3, 0.4) is 0 Å². The number of benzene rings is 1. The third-order valence-corrected chi connectivity index (χ3v) is 3.60. The smallest absolute Gasteiger partial charge is 0.257 e. The highest BCUT2D eigenvalue weighted by molar-refractivity contribution is 5.93. The molecule has 5 nitrogen and oxygen atoms in total. The van der Waals surface area contributed by atoms with Crippen LogP contribution in [0.15, 0.2) is 42.7 Å². The number of likely N-dealkylation sites (tertiary alicyclic amines) is 1. The number of halogens is 1. The van der Waals surface area contributed by atoms with Gasteiger partial charge in [0.1, 0.15) is 0 Å². The van der Waals surface area contributed by atoms with E-state index in [-0.39, 0.29) is 24.4 Å². The number of aromatic nitrogens is 2. The van der Waals surface area contributed by atoms with Gasteiger partial charge in [-0.1, -0.05) is 18.2 Å². The van der Waals surface area contributed by atoms with Gasteiger partial charge in [-0.2, -0.15) is 5.10 Å². The molecule has 1 aliphatic heterocycles. The zero-order chi connectivity index (χ0) is 13.9. The van der Waals surface area contributed by atoms with Crippen LogP contribution in [0.25, 0.3) is 5.69 Å². The number of hydrogen-bond acceptors (Lipinski definition) is 3. The molecule has 112 valence electrons. The van der Waals surface area contributed by atoms with E-state index >= 15 is 0 Å². The normalized spacial score (nSPS) is 18.1. The second-order valence-electron chi connectivity index (χ2n) is 5.16. The second kappa shape index (κ2) is 6.74. The fourth-order valence-electron chi connectivity index (χ4n) is 2.53. The molecule has 0 unspecified atom stereocenters. The standard InChI is InChI=1S/C15H18N4O.ClH/c16-13-5-4-8-18(11-13)15(20)12-9-17-19(10-12)14-6-2-1-3-7-14;/h1-3,6-7,9-10,13H,4-5,8,11,16H2;1H/t13-;/m1./s1. The fraction of sp³-hybridized carbons (Fsp3) is 0.333. The monoisotopic (exact) mass is 306 g/mol. The predicted octanol–water partition coefficient (Wildman–Crippen LogP) is 1.86. The summed E-state index contributed by atoms with van der Waals surface area (Å²) in [6, 6.07) is 9.85. The number of carbonyl (C=O) groups is 1. The Hall–Kier alpha value is -1.85. The first kappa shape index (κ1) is 15.5. The van der Waals surface area contributed by atoms with Gasteiger partial charge in [0.15, 0.2) is 0 Å². The Bertz CT molecular complexity index is 599. The highest BCUT2D eigenvalue weighted by Crippen LogP contribution is 2.14. The molecule has 1 fully saturated rings. The van der Waals surface area contributed by atoms with Crippen molar-refractivity contribution in [2.75, 3.05) is 13.1 Å². The van der Waals surface area contributed by atoms with Crippen LogP contribution < -0.4 is 5.73 Å². The molecule has 0 aliphatic carbocycles. The van der Waals surface area contributed by atoms with E-state index in [0.29, 0.717) is 12.1 Å². The van der Waals surface area contributed by atoms with Gasteiger partial charge in [-0.05, 0) is 25.0 Å². The van der Waals surface area contributed by atoms with Crippen molar-refractivity contribution in [2.45, 2.75) is 18.9 Å². The van der Waals surface area contributed by atoms with Crippen LogP contribution >= 0.6 is 12.4 Å². The van der Waals surface area contributed by atoms with Gasteiger partial charge in [0.2, 0.25) is 0 Å². The molecule has 1 atom stereocenters. The Morgan fingerprint density at radius 2 is 2.05 bits per heavy atom. The molecule has 1 aromatic heterocycles. The molecule has 3 rings (SSSR count). The van der Waals surface area contributed by atoms with Crippen LogP contribution in [0.4, 0.5) is 0 Å². The number of piperidine rings is 1. The van der Waals surface area contributed by atoms with Gasteiger partial charge < -0.3 is 10.6 Å². The summed E-state index contributed by atoms with van der Waals surface area (Å²) in [5.41, 5.74) is 7.48. The van der Waals surface area contributed by atoms with E-state index < -0.39 is 0 Å². The number of amides is 1. The number of rotatable bonds is 2. The van der Waals surface area contributed by atoms with Crippen molar-refractivity contribution in [3.8, 4) is 5.69 Å². The minimum atomic E-state index is 0. The van der Waals surface area contributed by atoms with Crippen molar-refractivity contribution in [2.24, 2.45) is 5.73 Å². The molecule has 2 N–H and O–H groups in total. The maximum absolute atomic E-state index is 12.4. The molecule has 0 radical (unpaired) electrons. The number of nitrogens with zero attached hydrogens (tertiary/aromatic N) is 3. The number of nitrogens with two attached hydrogens (primary N) is 1. The minimum absolute atomic E-state index is 0. The first-order valence-electron chi connectivity index (χ1n) is 6.89. The Balaban J connectivity index is 0.00000161.